The summed E-state index contributed by atoms with van der Waals surface area (Å²) in [4.78, 5) is 16.0. The van der Waals surface area contributed by atoms with Crippen LogP contribution in [0, 0.1) is 13.8 Å². The van der Waals surface area contributed by atoms with Crippen molar-refractivity contribution in [3.63, 3.8) is 0 Å². The van der Waals surface area contributed by atoms with Gasteiger partial charge in [-0.3, -0.25) is 4.79 Å². The average molecular weight is 340 g/mol. The standard InChI is InChI=1S/C20H24N2OS/c1-4-17-12-22(18-7-5-6-8-19(18)24-17)13-20(23)21-16-10-9-14(2)15(3)11-16/h5-11,17H,4,12-13H2,1-3H3,(H,21,23)/t17-/m0/s1. The third-order valence-electron chi connectivity index (χ3n) is 4.50. The van der Waals surface area contributed by atoms with E-state index in [-0.39, 0.29) is 5.91 Å². The summed E-state index contributed by atoms with van der Waals surface area (Å²) < 4.78 is 0. The van der Waals surface area contributed by atoms with E-state index in [1.54, 1.807) is 0 Å². The van der Waals surface area contributed by atoms with Crippen LogP contribution in [0.5, 0.6) is 0 Å². The first-order chi connectivity index (χ1) is 11.6. The Labute approximate surface area is 148 Å². The molecule has 126 valence electrons. The molecule has 1 aliphatic heterocycles. The van der Waals surface area contributed by atoms with Gasteiger partial charge in [0.2, 0.25) is 5.91 Å². The van der Waals surface area contributed by atoms with Crippen LogP contribution in [-0.4, -0.2) is 24.2 Å². The molecule has 0 unspecified atom stereocenters. The lowest BCUT2D eigenvalue weighted by Gasteiger charge is -2.34. The highest BCUT2D eigenvalue weighted by molar-refractivity contribution is 8.00. The van der Waals surface area contributed by atoms with E-state index in [1.807, 2.05) is 36.0 Å². The Morgan fingerprint density at radius 3 is 2.75 bits per heavy atom. The normalized spacial score (nSPS) is 16.6. The van der Waals surface area contributed by atoms with Crippen molar-refractivity contribution in [2.45, 2.75) is 37.3 Å². The molecule has 24 heavy (non-hydrogen) atoms. The number of para-hydroxylation sites is 1. The molecule has 1 heterocycles. The van der Waals surface area contributed by atoms with E-state index >= 15 is 0 Å². The molecule has 0 fully saturated rings. The van der Waals surface area contributed by atoms with Gasteiger partial charge in [-0.2, -0.15) is 0 Å². The van der Waals surface area contributed by atoms with E-state index in [4.69, 9.17) is 0 Å². The summed E-state index contributed by atoms with van der Waals surface area (Å²) in [6.45, 7) is 7.65. The minimum atomic E-state index is 0.0369. The maximum absolute atomic E-state index is 12.5. The Hall–Kier alpha value is -1.94. The minimum absolute atomic E-state index is 0.0369. The molecule has 1 atom stereocenters. The number of anilines is 2. The molecule has 4 heteroatoms. The van der Waals surface area contributed by atoms with E-state index in [1.165, 1.54) is 21.7 Å². The number of nitrogens with one attached hydrogen (secondary N) is 1. The van der Waals surface area contributed by atoms with Crippen LogP contribution in [0.2, 0.25) is 0 Å². The Bertz CT molecular complexity index is 744. The fourth-order valence-corrected chi connectivity index (χ4v) is 4.19. The first kappa shape index (κ1) is 16.9. The summed E-state index contributed by atoms with van der Waals surface area (Å²) in [6, 6.07) is 14.4. The van der Waals surface area contributed by atoms with Crippen LogP contribution < -0.4 is 10.2 Å². The molecule has 0 radical (unpaired) electrons. The molecule has 1 amide bonds. The number of amides is 1. The lowest BCUT2D eigenvalue weighted by Crippen LogP contribution is -2.40. The van der Waals surface area contributed by atoms with Crippen molar-refractivity contribution in [3.05, 3.63) is 53.6 Å². The van der Waals surface area contributed by atoms with Crippen molar-refractivity contribution in [2.75, 3.05) is 23.3 Å². The zero-order chi connectivity index (χ0) is 17.1. The van der Waals surface area contributed by atoms with Gasteiger partial charge >= 0.3 is 0 Å². The second-order valence-electron chi connectivity index (χ2n) is 6.34. The van der Waals surface area contributed by atoms with Gasteiger partial charge in [-0.05, 0) is 55.7 Å². The van der Waals surface area contributed by atoms with Gasteiger partial charge in [0.15, 0.2) is 0 Å². The summed E-state index contributed by atoms with van der Waals surface area (Å²) in [5.41, 5.74) is 4.47. The molecule has 0 bridgehead atoms. The van der Waals surface area contributed by atoms with E-state index in [9.17, 15) is 4.79 Å². The third-order valence-corrected chi connectivity index (χ3v) is 5.92. The van der Waals surface area contributed by atoms with Gasteiger partial charge in [0.25, 0.3) is 0 Å². The van der Waals surface area contributed by atoms with Crippen molar-refractivity contribution in [2.24, 2.45) is 0 Å². The average Bonchev–Trinajstić information content (AvgIpc) is 2.58. The molecular weight excluding hydrogens is 316 g/mol. The second kappa shape index (κ2) is 7.31. The Kier molecular flexibility index (Phi) is 5.14. The number of thioether (sulfide) groups is 1. The fraction of sp³-hybridized carbons (Fsp3) is 0.350. The number of rotatable bonds is 4. The largest absolute Gasteiger partial charge is 0.360 e. The number of carbonyl (C=O) groups is 1. The molecule has 3 rings (SSSR count). The van der Waals surface area contributed by atoms with Gasteiger partial charge in [-0.25, -0.2) is 0 Å². The minimum Gasteiger partial charge on any atom is -0.360 e. The molecule has 1 aliphatic rings. The van der Waals surface area contributed by atoms with Gasteiger partial charge in [0.1, 0.15) is 0 Å². The first-order valence-corrected chi connectivity index (χ1v) is 9.32. The van der Waals surface area contributed by atoms with E-state index in [0.29, 0.717) is 11.8 Å². The Balaban J connectivity index is 1.72. The summed E-state index contributed by atoms with van der Waals surface area (Å²) >= 11 is 1.92. The summed E-state index contributed by atoms with van der Waals surface area (Å²) in [5.74, 6) is 0.0369. The summed E-state index contributed by atoms with van der Waals surface area (Å²) in [5, 5.41) is 3.57. The number of benzene rings is 2. The number of hydrogen-bond donors (Lipinski definition) is 1. The quantitative estimate of drug-likeness (QED) is 0.880. The predicted molar refractivity (Wildman–Crippen MR) is 103 cm³/mol. The van der Waals surface area contributed by atoms with Crippen LogP contribution in [-0.2, 0) is 4.79 Å². The molecule has 0 saturated carbocycles. The number of nitrogens with zero attached hydrogens (tertiary/aromatic N) is 1. The van der Waals surface area contributed by atoms with Crippen molar-refractivity contribution in [1.29, 1.82) is 0 Å². The van der Waals surface area contributed by atoms with Crippen LogP contribution in [0.25, 0.3) is 0 Å². The molecule has 2 aromatic carbocycles. The molecule has 2 aromatic rings. The number of carbonyl (C=O) groups excluding carboxylic acids is 1. The predicted octanol–water partition coefficient (Wildman–Crippen LogP) is 4.63. The lowest BCUT2D eigenvalue weighted by atomic mass is 10.1. The summed E-state index contributed by atoms with van der Waals surface area (Å²) in [7, 11) is 0. The zero-order valence-electron chi connectivity index (χ0n) is 14.5. The van der Waals surface area contributed by atoms with Gasteiger partial charge in [-0.15, -0.1) is 11.8 Å². The molecular formula is C20H24N2OS. The highest BCUT2D eigenvalue weighted by atomic mass is 32.2. The van der Waals surface area contributed by atoms with E-state index in [2.05, 4.69) is 49.2 Å². The number of aryl methyl sites for hydroxylation is 2. The zero-order valence-corrected chi connectivity index (χ0v) is 15.3. The lowest BCUT2D eigenvalue weighted by molar-refractivity contribution is -0.115. The SMILES string of the molecule is CC[C@H]1CN(CC(=O)Nc2ccc(C)c(C)c2)c2ccccc2S1. The van der Waals surface area contributed by atoms with Gasteiger partial charge in [0, 0.05) is 22.4 Å². The van der Waals surface area contributed by atoms with Crippen molar-refractivity contribution < 1.29 is 4.79 Å². The van der Waals surface area contributed by atoms with Crippen LogP contribution in [0.15, 0.2) is 47.4 Å². The third kappa shape index (κ3) is 3.75. The van der Waals surface area contributed by atoms with Crippen LogP contribution >= 0.6 is 11.8 Å². The fourth-order valence-electron chi connectivity index (χ4n) is 2.93. The van der Waals surface area contributed by atoms with Gasteiger partial charge in [0.05, 0.1) is 12.2 Å². The number of fused-ring (bicyclic) bond motifs is 1. The molecule has 0 aromatic heterocycles. The Morgan fingerprint density at radius 1 is 1.21 bits per heavy atom. The molecule has 0 spiro atoms. The first-order valence-electron chi connectivity index (χ1n) is 8.44. The molecule has 1 N–H and O–H groups in total. The maximum Gasteiger partial charge on any atom is 0.243 e. The van der Waals surface area contributed by atoms with E-state index in [0.717, 1.165) is 18.7 Å². The van der Waals surface area contributed by atoms with Crippen molar-refractivity contribution in [3.8, 4) is 0 Å². The maximum atomic E-state index is 12.5. The molecule has 3 nitrogen and oxygen atoms in total. The number of hydrogen-bond acceptors (Lipinski definition) is 3. The highest BCUT2D eigenvalue weighted by Gasteiger charge is 2.25. The van der Waals surface area contributed by atoms with Crippen LogP contribution in [0.4, 0.5) is 11.4 Å². The van der Waals surface area contributed by atoms with Crippen LogP contribution in [0.1, 0.15) is 24.5 Å². The Morgan fingerprint density at radius 2 is 2.00 bits per heavy atom. The van der Waals surface area contributed by atoms with E-state index < -0.39 is 0 Å². The van der Waals surface area contributed by atoms with Crippen LogP contribution in [0.3, 0.4) is 0 Å². The molecule has 0 aliphatic carbocycles. The summed E-state index contributed by atoms with van der Waals surface area (Å²) in [6.07, 6.45) is 1.11. The smallest absolute Gasteiger partial charge is 0.243 e. The topological polar surface area (TPSA) is 32.3 Å². The van der Waals surface area contributed by atoms with Crippen molar-refractivity contribution in [1.82, 2.24) is 0 Å². The second-order valence-corrected chi connectivity index (χ2v) is 7.69. The molecule has 0 saturated heterocycles. The van der Waals surface area contributed by atoms with Gasteiger partial charge < -0.3 is 10.2 Å². The highest BCUT2D eigenvalue weighted by Crippen LogP contribution is 2.39. The monoisotopic (exact) mass is 340 g/mol. The van der Waals surface area contributed by atoms with Crippen molar-refractivity contribution >= 4 is 29.0 Å². The van der Waals surface area contributed by atoms with Gasteiger partial charge in [-0.1, -0.05) is 25.1 Å².